The zero-order valence-electron chi connectivity index (χ0n) is 13.3. The van der Waals surface area contributed by atoms with Gasteiger partial charge in [0, 0.05) is 11.6 Å². The van der Waals surface area contributed by atoms with Crippen molar-refractivity contribution in [1.29, 1.82) is 0 Å². The molecule has 0 saturated heterocycles. The van der Waals surface area contributed by atoms with Gasteiger partial charge in [0.1, 0.15) is 0 Å². The summed E-state index contributed by atoms with van der Waals surface area (Å²) in [7, 11) is 0. The number of aliphatic hydroxyl groups excluding tert-OH is 1. The first kappa shape index (κ1) is 14.9. The fraction of sp³-hybridized carbons (Fsp3) is 0.190. The topological polar surface area (TPSA) is 49.3 Å². The summed E-state index contributed by atoms with van der Waals surface area (Å²) >= 11 is 0. The van der Waals surface area contributed by atoms with Crippen LogP contribution in [0, 0.1) is 5.92 Å². The summed E-state index contributed by atoms with van der Waals surface area (Å²) in [5.41, 5.74) is 2.78. The summed E-state index contributed by atoms with van der Waals surface area (Å²) in [4.78, 5) is 12.4. The van der Waals surface area contributed by atoms with Gasteiger partial charge < -0.3 is 10.4 Å². The Hall–Kier alpha value is -2.65. The van der Waals surface area contributed by atoms with Crippen molar-refractivity contribution >= 4 is 22.4 Å². The molecule has 0 aliphatic heterocycles. The first-order chi connectivity index (χ1) is 11.7. The van der Waals surface area contributed by atoms with Gasteiger partial charge in [-0.05, 0) is 46.4 Å². The molecule has 0 heterocycles. The van der Waals surface area contributed by atoms with Gasteiger partial charge in [0.15, 0.2) is 0 Å². The van der Waals surface area contributed by atoms with Crippen LogP contribution >= 0.6 is 0 Å². The summed E-state index contributed by atoms with van der Waals surface area (Å²) in [5.74, 6) is 0.392. The lowest BCUT2D eigenvalue weighted by Gasteiger charge is -2.07. The van der Waals surface area contributed by atoms with E-state index in [9.17, 15) is 9.90 Å². The number of aliphatic hydroxyl groups is 1. The molecule has 2 N–H and O–H groups in total. The molecular weight excluding hydrogens is 298 g/mol. The third-order valence-electron chi connectivity index (χ3n) is 4.71. The third kappa shape index (κ3) is 2.91. The van der Waals surface area contributed by atoms with E-state index >= 15 is 0 Å². The van der Waals surface area contributed by atoms with E-state index in [0.29, 0.717) is 5.92 Å². The van der Waals surface area contributed by atoms with Gasteiger partial charge in [0.05, 0.1) is 6.61 Å². The van der Waals surface area contributed by atoms with E-state index in [1.807, 2.05) is 36.4 Å². The van der Waals surface area contributed by atoms with Crippen LogP contribution < -0.4 is 5.32 Å². The fourth-order valence-corrected chi connectivity index (χ4v) is 3.27. The van der Waals surface area contributed by atoms with Crippen molar-refractivity contribution in [2.24, 2.45) is 5.92 Å². The molecule has 0 bridgehead atoms. The quantitative estimate of drug-likeness (QED) is 0.762. The van der Waals surface area contributed by atoms with Gasteiger partial charge in [-0.1, -0.05) is 54.6 Å². The van der Waals surface area contributed by atoms with Crippen molar-refractivity contribution in [2.75, 3.05) is 5.32 Å². The maximum Gasteiger partial charge on any atom is 0.228 e. The van der Waals surface area contributed by atoms with Crippen molar-refractivity contribution in [3.63, 3.8) is 0 Å². The molecular formula is C21H19NO2. The van der Waals surface area contributed by atoms with Crippen LogP contribution in [0.3, 0.4) is 0 Å². The normalized spacial score (nSPS) is 19.2. The van der Waals surface area contributed by atoms with E-state index in [1.165, 1.54) is 16.3 Å². The minimum Gasteiger partial charge on any atom is -0.392 e. The average molecular weight is 317 g/mol. The second-order valence-corrected chi connectivity index (χ2v) is 6.40. The lowest BCUT2D eigenvalue weighted by atomic mass is 10.0. The van der Waals surface area contributed by atoms with E-state index < -0.39 is 0 Å². The van der Waals surface area contributed by atoms with Crippen LogP contribution in [-0.4, -0.2) is 11.0 Å². The summed E-state index contributed by atoms with van der Waals surface area (Å²) in [6, 6.07) is 22.1. The molecule has 0 radical (unpaired) electrons. The molecule has 3 heteroatoms. The molecule has 3 aromatic carbocycles. The zero-order chi connectivity index (χ0) is 16.5. The highest BCUT2D eigenvalue weighted by Gasteiger charge is 2.43. The summed E-state index contributed by atoms with van der Waals surface area (Å²) in [5, 5.41) is 14.6. The van der Waals surface area contributed by atoms with Crippen molar-refractivity contribution in [3.05, 3.63) is 77.9 Å². The predicted molar refractivity (Wildman–Crippen MR) is 95.8 cm³/mol. The number of rotatable bonds is 4. The number of fused-ring (bicyclic) bond motifs is 1. The molecule has 0 spiro atoms. The van der Waals surface area contributed by atoms with E-state index in [4.69, 9.17) is 0 Å². The Bertz CT molecular complexity index is 903. The molecule has 2 atom stereocenters. The van der Waals surface area contributed by atoms with Crippen molar-refractivity contribution < 1.29 is 9.90 Å². The lowest BCUT2D eigenvalue weighted by molar-refractivity contribution is -0.117. The van der Waals surface area contributed by atoms with Gasteiger partial charge in [-0.2, -0.15) is 0 Å². The molecule has 1 amide bonds. The number of anilines is 1. The van der Waals surface area contributed by atoms with Gasteiger partial charge in [-0.3, -0.25) is 4.79 Å². The Morgan fingerprint density at radius 3 is 2.67 bits per heavy atom. The van der Waals surface area contributed by atoms with Crippen LogP contribution in [0.1, 0.15) is 23.5 Å². The summed E-state index contributed by atoms with van der Waals surface area (Å²) in [6.45, 7) is -0.0210. The molecule has 24 heavy (non-hydrogen) atoms. The van der Waals surface area contributed by atoms with E-state index in [1.54, 1.807) is 0 Å². The number of benzene rings is 3. The number of carbonyl (C=O) groups excluding carboxylic acids is 1. The fourth-order valence-electron chi connectivity index (χ4n) is 3.27. The number of nitrogens with one attached hydrogen (secondary N) is 1. The molecule has 3 nitrogen and oxygen atoms in total. The van der Waals surface area contributed by atoms with Crippen LogP contribution in [0.4, 0.5) is 5.69 Å². The Kier molecular flexibility index (Phi) is 3.79. The van der Waals surface area contributed by atoms with E-state index in [0.717, 1.165) is 17.7 Å². The van der Waals surface area contributed by atoms with Gasteiger partial charge in [-0.15, -0.1) is 0 Å². The maximum absolute atomic E-state index is 12.4. The average Bonchev–Trinajstić information content (AvgIpc) is 3.42. The second kappa shape index (κ2) is 6.10. The SMILES string of the molecule is O=C(Nc1cccc(CO)c1)C1CC1c1ccc2ccccc2c1. The van der Waals surface area contributed by atoms with Gasteiger partial charge in [-0.25, -0.2) is 0 Å². The molecule has 3 aromatic rings. The van der Waals surface area contributed by atoms with Crippen LogP contribution in [-0.2, 0) is 11.4 Å². The third-order valence-corrected chi connectivity index (χ3v) is 4.71. The summed E-state index contributed by atoms with van der Waals surface area (Å²) < 4.78 is 0. The summed E-state index contributed by atoms with van der Waals surface area (Å²) in [6.07, 6.45) is 0.893. The van der Waals surface area contributed by atoms with Crippen molar-refractivity contribution in [3.8, 4) is 0 Å². The number of carbonyl (C=O) groups is 1. The monoisotopic (exact) mass is 317 g/mol. The molecule has 0 aromatic heterocycles. The van der Waals surface area contributed by atoms with E-state index in [2.05, 4.69) is 35.6 Å². The molecule has 120 valence electrons. The van der Waals surface area contributed by atoms with Crippen LogP contribution in [0.5, 0.6) is 0 Å². The smallest absolute Gasteiger partial charge is 0.228 e. The Morgan fingerprint density at radius 1 is 1.00 bits per heavy atom. The molecule has 4 rings (SSSR count). The minimum absolute atomic E-state index is 0.0210. The van der Waals surface area contributed by atoms with Crippen molar-refractivity contribution in [1.82, 2.24) is 0 Å². The van der Waals surface area contributed by atoms with Gasteiger partial charge in [0.25, 0.3) is 0 Å². The molecule has 1 saturated carbocycles. The van der Waals surface area contributed by atoms with Gasteiger partial charge in [0.2, 0.25) is 5.91 Å². The van der Waals surface area contributed by atoms with Crippen LogP contribution in [0.15, 0.2) is 66.7 Å². The standard InChI is InChI=1S/C21H19NO2/c23-13-14-4-3-7-18(10-14)22-21(24)20-12-19(20)17-9-8-15-5-1-2-6-16(15)11-17/h1-11,19-20,23H,12-13H2,(H,22,24). The molecule has 2 unspecified atom stereocenters. The lowest BCUT2D eigenvalue weighted by Crippen LogP contribution is -2.14. The molecule has 1 fully saturated rings. The van der Waals surface area contributed by atoms with Crippen molar-refractivity contribution in [2.45, 2.75) is 18.9 Å². The Morgan fingerprint density at radius 2 is 1.83 bits per heavy atom. The van der Waals surface area contributed by atoms with Gasteiger partial charge >= 0.3 is 0 Å². The number of hydrogen-bond donors (Lipinski definition) is 2. The number of hydrogen-bond acceptors (Lipinski definition) is 2. The first-order valence-corrected chi connectivity index (χ1v) is 8.24. The zero-order valence-corrected chi connectivity index (χ0v) is 13.3. The highest BCUT2D eigenvalue weighted by atomic mass is 16.3. The largest absolute Gasteiger partial charge is 0.392 e. The van der Waals surface area contributed by atoms with Crippen LogP contribution in [0.2, 0.25) is 0 Å². The maximum atomic E-state index is 12.4. The minimum atomic E-state index is -0.0210. The Labute approximate surface area is 140 Å². The second-order valence-electron chi connectivity index (χ2n) is 6.40. The number of amides is 1. The Balaban J connectivity index is 1.47. The predicted octanol–water partition coefficient (Wildman–Crippen LogP) is 4.07. The first-order valence-electron chi connectivity index (χ1n) is 8.24. The molecule has 1 aliphatic rings. The highest BCUT2D eigenvalue weighted by Crippen LogP contribution is 2.48. The van der Waals surface area contributed by atoms with Crippen LogP contribution in [0.25, 0.3) is 10.8 Å². The van der Waals surface area contributed by atoms with E-state index in [-0.39, 0.29) is 18.4 Å². The molecule has 1 aliphatic carbocycles. The highest BCUT2D eigenvalue weighted by molar-refractivity contribution is 5.95.